The van der Waals surface area contributed by atoms with Crippen molar-refractivity contribution in [2.24, 2.45) is 0 Å². The second kappa shape index (κ2) is 5.60. The molecule has 6 heteroatoms. The second-order valence-electron chi connectivity index (χ2n) is 4.97. The number of aromatic nitrogens is 2. The average Bonchev–Trinajstić information content (AvgIpc) is 2.68. The van der Waals surface area contributed by atoms with Crippen molar-refractivity contribution in [3.05, 3.63) is 18.0 Å². The zero-order chi connectivity index (χ0) is 13.1. The summed E-state index contributed by atoms with van der Waals surface area (Å²) in [6, 6.07) is 0.425. The fraction of sp³-hybridized carbons (Fsp3) is 0.667. The molecule has 2 heterocycles. The summed E-state index contributed by atoms with van der Waals surface area (Å²) in [7, 11) is 0. The Morgan fingerprint density at radius 2 is 1.83 bits per heavy atom. The van der Waals surface area contributed by atoms with E-state index in [0.29, 0.717) is 25.1 Å². The van der Waals surface area contributed by atoms with Crippen LogP contribution in [-0.4, -0.2) is 51.5 Å². The normalized spacial score (nSPS) is 23.9. The summed E-state index contributed by atoms with van der Waals surface area (Å²) in [5.74, 6) is 0.555. The monoisotopic (exact) mass is 252 g/mol. The van der Waals surface area contributed by atoms with Gasteiger partial charge in [-0.05, 0) is 0 Å². The maximum Gasteiger partial charge on any atom is 0.225 e. The van der Waals surface area contributed by atoms with Gasteiger partial charge in [0.05, 0.1) is 12.2 Å². The molecule has 0 aliphatic carbocycles. The highest BCUT2D eigenvalue weighted by molar-refractivity contribution is 5.33. The largest absolute Gasteiger partial charge is 0.388 e. The van der Waals surface area contributed by atoms with Crippen LogP contribution in [0.1, 0.15) is 19.4 Å². The first kappa shape index (κ1) is 13.2. The predicted octanol–water partition coefficient (Wildman–Crippen LogP) is -0.484. The van der Waals surface area contributed by atoms with Gasteiger partial charge in [0.2, 0.25) is 5.95 Å². The number of hydrogen-bond acceptors (Lipinski definition) is 6. The fourth-order valence-electron chi connectivity index (χ4n) is 1.86. The van der Waals surface area contributed by atoms with Crippen LogP contribution in [0.5, 0.6) is 0 Å². The highest BCUT2D eigenvalue weighted by atomic mass is 16.3. The smallest absolute Gasteiger partial charge is 0.225 e. The zero-order valence-corrected chi connectivity index (χ0v) is 10.7. The second-order valence-corrected chi connectivity index (χ2v) is 4.97. The van der Waals surface area contributed by atoms with Crippen LogP contribution in [-0.2, 0) is 6.54 Å². The third kappa shape index (κ3) is 3.16. The first-order valence-corrected chi connectivity index (χ1v) is 6.21. The minimum atomic E-state index is -0.712. The Balaban J connectivity index is 1.95. The predicted molar refractivity (Wildman–Crippen MR) is 68.2 cm³/mol. The van der Waals surface area contributed by atoms with Gasteiger partial charge in [0.15, 0.2) is 0 Å². The third-order valence-corrected chi connectivity index (χ3v) is 2.95. The van der Waals surface area contributed by atoms with Crippen LogP contribution < -0.4 is 10.2 Å². The molecule has 2 rings (SSSR count). The molecule has 100 valence electrons. The molecule has 1 aromatic rings. The van der Waals surface area contributed by atoms with Gasteiger partial charge in [0.1, 0.15) is 0 Å². The van der Waals surface area contributed by atoms with Crippen molar-refractivity contribution in [3.8, 4) is 0 Å². The van der Waals surface area contributed by atoms with Crippen molar-refractivity contribution in [2.75, 3.05) is 18.0 Å². The molecule has 1 fully saturated rings. The molecular formula is C12H20N4O2. The van der Waals surface area contributed by atoms with E-state index in [4.69, 9.17) is 0 Å². The maximum atomic E-state index is 9.47. The van der Waals surface area contributed by atoms with Crippen molar-refractivity contribution < 1.29 is 10.2 Å². The van der Waals surface area contributed by atoms with Crippen LogP contribution in [0.25, 0.3) is 0 Å². The van der Waals surface area contributed by atoms with Crippen LogP contribution in [0.2, 0.25) is 0 Å². The van der Waals surface area contributed by atoms with E-state index in [2.05, 4.69) is 29.1 Å². The van der Waals surface area contributed by atoms with Gasteiger partial charge in [0, 0.05) is 43.6 Å². The van der Waals surface area contributed by atoms with Gasteiger partial charge in [-0.2, -0.15) is 0 Å². The molecule has 1 aliphatic heterocycles. The van der Waals surface area contributed by atoms with Gasteiger partial charge in [-0.1, -0.05) is 13.8 Å². The molecular weight excluding hydrogens is 232 g/mol. The lowest BCUT2D eigenvalue weighted by Crippen LogP contribution is -2.24. The fourth-order valence-corrected chi connectivity index (χ4v) is 1.86. The van der Waals surface area contributed by atoms with E-state index >= 15 is 0 Å². The van der Waals surface area contributed by atoms with Crippen molar-refractivity contribution in [2.45, 2.75) is 38.6 Å². The molecule has 1 aromatic heterocycles. The van der Waals surface area contributed by atoms with Gasteiger partial charge in [0.25, 0.3) is 0 Å². The van der Waals surface area contributed by atoms with Crippen molar-refractivity contribution in [3.63, 3.8) is 0 Å². The molecule has 2 unspecified atom stereocenters. The Labute approximate surface area is 107 Å². The van der Waals surface area contributed by atoms with E-state index in [9.17, 15) is 10.2 Å². The molecule has 0 spiro atoms. The standard InChI is InChI=1S/C12H20N4O2/c1-8(2)13-3-9-4-14-12(15-5-9)16-6-10(17)11(18)7-16/h4-5,8,10-11,13,17-18H,3,6-7H2,1-2H3. The van der Waals surface area contributed by atoms with E-state index in [1.807, 2.05) is 0 Å². The van der Waals surface area contributed by atoms with E-state index in [-0.39, 0.29) is 0 Å². The van der Waals surface area contributed by atoms with E-state index in [1.54, 1.807) is 17.3 Å². The SMILES string of the molecule is CC(C)NCc1cnc(N2CC(O)C(O)C2)nc1. The molecule has 0 amide bonds. The molecule has 0 bridgehead atoms. The van der Waals surface area contributed by atoms with E-state index in [1.165, 1.54) is 0 Å². The van der Waals surface area contributed by atoms with Gasteiger partial charge in [-0.25, -0.2) is 9.97 Å². The summed E-state index contributed by atoms with van der Waals surface area (Å²) in [5.41, 5.74) is 1.02. The Hall–Kier alpha value is -1.24. The summed E-state index contributed by atoms with van der Waals surface area (Å²) in [6.07, 6.45) is 2.12. The maximum absolute atomic E-state index is 9.47. The van der Waals surface area contributed by atoms with Crippen molar-refractivity contribution in [1.82, 2.24) is 15.3 Å². The van der Waals surface area contributed by atoms with Gasteiger partial charge in [-0.3, -0.25) is 0 Å². The van der Waals surface area contributed by atoms with Crippen LogP contribution in [0.4, 0.5) is 5.95 Å². The highest BCUT2D eigenvalue weighted by Gasteiger charge is 2.30. The molecule has 0 saturated carbocycles. The lowest BCUT2D eigenvalue weighted by molar-refractivity contribution is 0.0572. The Bertz CT molecular complexity index is 372. The molecule has 18 heavy (non-hydrogen) atoms. The molecule has 0 aromatic carbocycles. The van der Waals surface area contributed by atoms with E-state index in [0.717, 1.165) is 12.1 Å². The summed E-state index contributed by atoms with van der Waals surface area (Å²) in [5, 5.41) is 22.2. The summed E-state index contributed by atoms with van der Waals surface area (Å²) < 4.78 is 0. The van der Waals surface area contributed by atoms with E-state index < -0.39 is 12.2 Å². The molecule has 6 nitrogen and oxygen atoms in total. The van der Waals surface area contributed by atoms with Crippen molar-refractivity contribution in [1.29, 1.82) is 0 Å². The zero-order valence-electron chi connectivity index (χ0n) is 10.7. The Kier molecular flexibility index (Phi) is 4.11. The minimum Gasteiger partial charge on any atom is -0.388 e. The van der Waals surface area contributed by atoms with Crippen LogP contribution >= 0.6 is 0 Å². The van der Waals surface area contributed by atoms with Gasteiger partial charge < -0.3 is 20.4 Å². The number of nitrogens with one attached hydrogen (secondary N) is 1. The lowest BCUT2D eigenvalue weighted by atomic mass is 10.3. The van der Waals surface area contributed by atoms with Crippen LogP contribution in [0, 0.1) is 0 Å². The topological polar surface area (TPSA) is 81.5 Å². The first-order chi connectivity index (χ1) is 8.56. The number of hydrogen-bond donors (Lipinski definition) is 3. The van der Waals surface area contributed by atoms with Crippen molar-refractivity contribution >= 4 is 5.95 Å². The number of β-amino-alcohol motifs (C(OH)–C–C–N with tert-alkyl or cyclic N) is 2. The van der Waals surface area contributed by atoms with Crippen LogP contribution in [0.15, 0.2) is 12.4 Å². The molecule has 0 radical (unpaired) electrons. The first-order valence-electron chi connectivity index (χ1n) is 6.21. The third-order valence-electron chi connectivity index (χ3n) is 2.95. The number of aliphatic hydroxyl groups excluding tert-OH is 2. The minimum absolute atomic E-state index is 0.380. The Morgan fingerprint density at radius 1 is 1.28 bits per heavy atom. The molecule has 1 aliphatic rings. The number of rotatable bonds is 4. The Morgan fingerprint density at radius 3 is 2.33 bits per heavy atom. The highest BCUT2D eigenvalue weighted by Crippen LogP contribution is 2.16. The summed E-state index contributed by atoms with van der Waals surface area (Å²) in [6.45, 7) is 5.67. The summed E-state index contributed by atoms with van der Waals surface area (Å²) >= 11 is 0. The van der Waals surface area contributed by atoms with Crippen LogP contribution in [0.3, 0.4) is 0 Å². The van der Waals surface area contributed by atoms with Gasteiger partial charge >= 0.3 is 0 Å². The lowest BCUT2D eigenvalue weighted by Gasteiger charge is -2.15. The number of aliphatic hydroxyl groups is 2. The number of anilines is 1. The molecule has 1 saturated heterocycles. The average molecular weight is 252 g/mol. The number of nitrogens with zero attached hydrogens (tertiary/aromatic N) is 3. The van der Waals surface area contributed by atoms with Gasteiger partial charge in [-0.15, -0.1) is 0 Å². The summed E-state index contributed by atoms with van der Waals surface area (Å²) in [4.78, 5) is 10.3. The molecule has 3 N–H and O–H groups in total. The quantitative estimate of drug-likeness (QED) is 0.671. The molecule has 2 atom stereocenters.